The van der Waals surface area contributed by atoms with Crippen LogP contribution in [0.15, 0.2) is 66.9 Å². The molecule has 2 aromatic carbocycles. The number of likely N-dealkylation sites (tertiary alicyclic amines) is 1. The van der Waals surface area contributed by atoms with Gasteiger partial charge in [-0.25, -0.2) is 0 Å². The fourth-order valence-electron chi connectivity index (χ4n) is 5.61. The minimum atomic E-state index is -0.471. The van der Waals surface area contributed by atoms with Crippen molar-refractivity contribution < 1.29 is 14.4 Å². The van der Waals surface area contributed by atoms with Crippen molar-refractivity contribution in [2.45, 2.75) is 32.7 Å². The molecule has 2 aliphatic rings. The van der Waals surface area contributed by atoms with Gasteiger partial charge in [0.05, 0.1) is 5.92 Å². The van der Waals surface area contributed by atoms with Crippen LogP contribution in [0, 0.1) is 5.92 Å². The number of nitrogens with zero attached hydrogens (tertiary/aromatic N) is 4. The first-order chi connectivity index (χ1) is 19.8. The van der Waals surface area contributed by atoms with Crippen LogP contribution in [-0.4, -0.2) is 77.8 Å². The first kappa shape index (κ1) is 28.3. The van der Waals surface area contributed by atoms with Gasteiger partial charge in [0.25, 0.3) is 5.91 Å². The lowest BCUT2D eigenvalue weighted by Crippen LogP contribution is -2.49. The SMILES string of the molecule is CC(C)N1CCN(c2ccnc(C(=O)N3CCC[C@H](C(=O)Nc4cccc(-c5ccc(C(N)=O)cc5)c4)C3)c2)CC1. The number of piperidine rings is 1. The number of primary amides is 1. The Morgan fingerprint density at radius 2 is 1.68 bits per heavy atom. The summed E-state index contributed by atoms with van der Waals surface area (Å²) >= 11 is 0. The van der Waals surface area contributed by atoms with E-state index in [9.17, 15) is 14.4 Å². The van der Waals surface area contributed by atoms with Crippen molar-refractivity contribution in [3.8, 4) is 11.1 Å². The van der Waals surface area contributed by atoms with E-state index in [2.05, 4.69) is 33.9 Å². The molecule has 41 heavy (non-hydrogen) atoms. The van der Waals surface area contributed by atoms with E-state index < -0.39 is 5.91 Å². The molecule has 5 rings (SSSR count). The van der Waals surface area contributed by atoms with Gasteiger partial charge in [-0.05, 0) is 74.2 Å². The number of piperazine rings is 1. The van der Waals surface area contributed by atoms with Crippen molar-refractivity contribution in [3.63, 3.8) is 0 Å². The number of rotatable bonds is 7. The third kappa shape index (κ3) is 6.74. The average molecular weight is 555 g/mol. The maximum Gasteiger partial charge on any atom is 0.272 e. The van der Waals surface area contributed by atoms with E-state index in [0.29, 0.717) is 36.1 Å². The lowest BCUT2D eigenvalue weighted by Gasteiger charge is -2.38. The molecule has 3 N–H and O–H groups in total. The molecule has 0 unspecified atom stereocenters. The minimum Gasteiger partial charge on any atom is -0.369 e. The molecule has 9 heteroatoms. The van der Waals surface area contributed by atoms with Crippen LogP contribution >= 0.6 is 0 Å². The first-order valence-electron chi connectivity index (χ1n) is 14.3. The Morgan fingerprint density at radius 3 is 2.39 bits per heavy atom. The van der Waals surface area contributed by atoms with Gasteiger partial charge >= 0.3 is 0 Å². The molecule has 0 radical (unpaired) electrons. The third-order valence-electron chi connectivity index (χ3n) is 8.08. The van der Waals surface area contributed by atoms with Crippen molar-refractivity contribution in [2.24, 2.45) is 11.7 Å². The number of aromatic nitrogens is 1. The zero-order valence-electron chi connectivity index (χ0n) is 23.8. The van der Waals surface area contributed by atoms with Gasteiger partial charge < -0.3 is 20.9 Å². The number of benzene rings is 2. The van der Waals surface area contributed by atoms with Gasteiger partial charge in [0, 0.05) is 68.4 Å². The monoisotopic (exact) mass is 554 g/mol. The standard InChI is InChI=1S/C32H38N6O3/c1-22(2)36-15-17-37(18-16-36)28-12-13-34-29(20-28)32(41)38-14-4-6-26(21-38)31(40)35-27-7-3-5-25(19-27)23-8-10-24(11-9-23)30(33)39/h3,5,7-13,19-20,22,26H,4,6,14-18,21H2,1-2H3,(H2,33,39)(H,35,40)/t26-/m0/s1. The van der Waals surface area contributed by atoms with Gasteiger partial charge in [0.15, 0.2) is 0 Å². The Balaban J connectivity index is 1.21. The van der Waals surface area contributed by atoms with Crippen molar-refractivity contribution in [3.05, 3.63) is 78.1 Å². The second-order valence-electron chi connectivity index (χ2n) is 11.1. The Bertz CT molecular complexity index is 1400. The number of anilines is 2. The Morgan fingerprint density at radius 1 is 0.927 bits per heavy atom. The maximum absolute atomic E-state index is 13.4. The molecule has 2 saturated heterocycles. The summed E-state index contributed by atoms with van der Waals surface area (Å²) in [6, 6.07) is 19.0. The topological polar surface area (TPSA) is 112 Å². The predicted octanol–water partition coefficient (Wildman–Crippen LogP) is 3.87. The first-order valence-corrected chi connectivity index (χ1v) is 14.3. The molecule has 2 aliphatic heterocycles. The highest BCUT2D eigenvalue weighted by atomic mass is 16.2. The van der Waals surface area contributed by atoms with Gasteiger partial charge in [-0.3, -0.25) is 24.3 Å². The summed E-state index contributed by atoms with van der Waals surface area (Å²) in [6.45, 7) is 9.23. The summed E-state index contributed by atoms with van der Waals surface area (Å²) in [5, 5.41) is 3.04. The van der Waals surface area contributed by atoms with Gasteiger partial charge in [0.1, 0.15) is 5.69 Å². The Hall–Kier alpha value is -4.24. The molecule has 3 heterocycles. The predicted molar refractivity (Wildman–Crippen MR) is 161 cm³/mol. The van der Waals surface area contributed by atoms with E-state index in [-0.39, 0.29) is 17.7 Å². The summed E-state index contributed by atoms with van der Waals surface area (Å²) in [7, 11) is 0. The summed E-state index contributed by atoms with van der Waals surface area (Å²) in [5.41, 5.74) is 9.74. The van der Waals surface area contributed by atoms with Crippen LogP contribution in [-0.2, 0) is 4.79 Å². The molecule has 214 valence electrons. The maximum atomic E-state index is 13.4. The van der Waals surface area contributed by atoms with E-state index in [1.54, 1.807) is 23.2 Å². The van der Waals surface area contributed by atoms with Crippen LogP contribution < -0.4 is 16.0 Å². The number of hydrogen-bond acceptors (Lipinski definition) is 6. The number of pyridine rings is 1. The summed E-state index contributed by atoms with van der Waals surface area (Å²) in [5.74, 6) is -1.01. The number of hydrogen-bond donors (Lipinski definition) is 2. The van der Waals surface area contributed by atoms with E-state index in [0.717, 1.165) is 55.8 Å². The molecule has 1 atom stereocenters. The molecule has 2 fully saturated rings. The van der Waals surface area contributed by atoms with Crippen LogP contribution in [0.4, 0.5) is 11.4 Å². The van der Waals surface area contributed by atoms with Gasteiger partial charge in [0.2, 0.25) is 11.8 Å². The highest BCUT2D eigenvalue weighted by Gasteiger charge is 2.30. The zero-order chi connectivity index (χ0) is 28.9. The van der Waals surface area contributed by atoms with Crippen molar-refractivity contribution in [1.29, 1.82) is 0 Å². The zero-order valence-corrected chi connectivity index (χ0v) is 23.8. The molecule has 0 bridgehead atoms. The van der Waals surface area contributed by atoms with Crippen molar-refractivity contribution in [1.82, 2.24) is 14.8 Å². The minimum absolute atomic E-state index is 0.103. The fourth-order valence-corrected chi connectivity index (χ4v) is 5.61. The highest BCUT2D eigenvalue weighted by molar-refractivity contribution is 5.96. The lowest BCUT2D eigenvalue weighted by molar-refractivity contribution is -0.121. The van der Waals surface area contributed by atoms with E-state index in [1.807, 2.05) is 48.5 Å². The Kier molecular flexibility index (Phi) is 8.64. The van der Waals surface area contributed by atoms with Crippen molar-refractivity contribution in [2.75, 3.05) is 49.5 Å². The van der Waals surface area contributed by atoms with Crippen LogP contribution in [0.2, 0.25) is 0 Å². The summed E-state index contributed by atoms with van der Waals surface area (Å²) < 4.78 is 0. The smallest absolute Gasteiger partial charge is 0.272 e. The van der Waals surface area contributed by atoms with E-state index in [4.69, 9.17) is 5.73 Å². The van der Waals surface area contributed by atoms with Crippen LogP contribution in [0.5, 0.6) is 0 Å². The largest absolute Gasteiger partial charge is 0.369 e. The second kappa shape index (κ2) is 12.5. The molecular weight excluding hydrogens is 516 g/mol. The van der Waals surface area contributed by atoms with E-state index >= 15 is 0 Å². The molecular formula is C32H38N6O3. The van der Waals surface area contributed by atoms with Crippen LogP contribution in [0.3, 0.4) is 0 Å². The molecule has 9 nitrogen and oxygen atoms in total. The number of amides is 3. The van der Waals surface area contributed by atoms with Gasteiger partial charge in [-0.15, -0.1) is 0 Å². The van der Waals surface area contributed by atoms with Crippen molar-refractivity contribution >= 4 is 29.1 Å². The van der Waals surface area contributed by atoms with Gasteiger partial charge in [-0.2, -0.15) is 0 Å². The van der Waals surface area contributed by atoms with E-state index in [1.165, 1.54) is 0 Å². The molecule has 3 aromatic rings. The quantitative estimate of drug-likeness (QED) is 0.459. The molecule has 1 aromatic heterocycles. The number of nitrogens with one attached hydrogen (secondary N) is 1. The normalized spacial score (nSPS) is 17.9. The Labute approximate surface area is 241 Å². The number of carbonyl (C=O) groups excluding carboxylic acids is 3. The average Bonchev–Trinajstić information content (AvgIpc) is 3.01. The van der Waals surface area contributed by atoms with Gasteiger partial charge in [-0.1, -0.05) is 24.3 Å². The number of nitrogens with two attached hydrogens (primary N) is 1. The lowest BCUT2D eigenvalue weighted by atomic mass is 9.96. The summed E-state index contributed by atoms with van der Waals surface area (Å²) in [6.07, 6.45) is 3.18. The molecule has 0 spiro atoms. The molecule has 0 saturated carbocycles. The van der Waals surface area contributed by atoms with Crippen LogP contribution in [0.25, 0.3) is 11.1 Å². The number of carbonyl (C=O) groups is 3. The molecule has 0 aliphatic carbocycles. The third-order valence-corrected chi connectivity index (χ3v) is 8.08. The van der Waals surface area contributed by atoms with Crippen LogP contribution in [0.1, 0.15) is 47.5 Å². The summed E-state index contributed by atoms with van der Waals surface area (Å²) in [4.78, 5) is 49.0. The molecule has 3 amide bonds. The fraction of sp³-hybridized carbons (Fsp3) is 0.375. The second-order valence-corrected chi connectivity index (χ2v) is 11.1. The highest BCUT2D eigenvalue weighted by Crippen LogP contribution is 2.26.